The van der Waals surface area contributed by atoms with Crippen LogP contribution in [0.2, 0.25) is 0 Å². The van der Waals surface area contributed by atoms with Crippen molar-refractivity contribution in [1.29, 1.82) is 0 Å². The number of allylic oxidation sites excluding steroid dienone is 1. The second kappa shape index (κ2) is 8.25. The van der Waals surface area contributed by atoms with Crippen LogP contribution in [0.1, 0.15) is 25.7 Å². The van der Waals surface area contributed by atoms with Crippen LogP contribution in [0.5, 0.6) is 0 Å². The zero-order chi connectivity index (χ0) is 13.3. The van der Waals surface area contributed by atoms with Crippen LogP contribution >= 0.6 is 0 Å². The van der Waals surface area contributed by atoms with Gasteiger partial charge in [-0.1, -0.05) is 6.08 Å². The molecule has 0 saturated heterocycles. The van der Waals surface area contributed by atoms with Crippen molar-refractivity contribution >= 4 is 16.0 Å². The number of hydrogen-bond acceptors (Lipinski definition) is 4. The van der Waals surface area contributed by atoms with Crippen LogP contribution in [0.15, 0.2) is 12.7 Å². The third kappa shape index (κ3) is 7.12. The third-order valence-electron chi connectivity index (χ3n) is 2.37. The summed E-state index contributed by atoms with van der Waals surface area (Å²) in [5.74, 6) is -0.401. The van der Waals surface area contributed by atoms with Crippen LogP contribution < -0.4 is 0 Å². The maximum atomic E-state index is 11.7. The summed E-state index contributed by atoms with van der Waals surface area (Å²) in [4.78, 5) is 10.8. The minimum absolute atomic E-state index is 0.0211. The summed E-state index contributed by atoms with van der Waals surface area (Å²) in [5.41, 5.74) is 0. The number of carbonyl (C=O) groups is 1. The summed E-state index contributed by atoms with van der Waals surface area (Å²) in [7, 11) is -0.411. The fourth-order valence-corrected chi connectivity index (χ4v) is 2.48. The Kier molecular flexibility index (Phi) is 7.82. The predicted octanol–water partition coefficient (Wildman–Crippen LogP) is 1.17. The molecule has 0 aromatic carbocycles. The Balaban J connectivity index is 4.00. The molecule has 0 spiro atoms. The molecule has 0 bridgehead atoms. The topological polar surface area (TPSA) is 63.7 Å². The molecule has 0 radical (unpaired) electrons. The number of ether oxygens (including phenoxy) is 1. The molecular weight excluding hydrogens is 242 g/mol. The van der Waals surface area contributed by atoms with E-state index >= 15 is 0 Å². The van der Waals surface area contributed by atoms with E-state index in [0.29, 0.717) is 13.0 Å². The Morgan fingerprint density at radius 3 is 2.59 bits per heavy atom. The number of esters is 1. The average molecular weight is 263 g/mol. The first kappa shape index (κ1) is 16.1. The van der Waals surface area contributed by atoms with Crippen LogP contribution in [0.25, 0.3) is 0 Å². The molecule has 0 aliphatic carbocycles. The molecule has 0 heterocycles. The summed E-state index contributed by atoms with van der Waals surface area (Å²) in [5, 5.41) is 0. The minimum atomic E-state index is -3.25. The lowest BCUT2D eigenvalue weighted by Crippen LogP contribution is -2.30. The molecule has 0 N–H and O–H groups in total. The second-order valence-electron chi connectivity index (χ2n) is 3.75. The fourth-order valence-electron chi connectivity index (χ4n) is 1.25. The smallest absolute Gasteiger partial charge is 0.305 e. The maximum Gasteiger partial charge on any atom is 0.305 e. The lowest BCUT2D eigenvalue weighted by Gasteiger charge is -2.16. The van der Waals surface area contributed by atoms with Crippen molar-refractivity contribution in [1.82, 2.24) is 4.31 Å². The van der Waals surface area contributed by atoms with Gasteiger partial charge in [-0.05, 0) is 19.3 Å². The molecule has 0 unspecified atom stereocenters. The van der Waals surface area contributed by atoms with Crippen LogP contribution in [0, 0.1) is 0 Å². The van der Waals surface area contributed by atoms with Crippen molar-refractivity contribution in [2.24, 2.45) is 0 Å². The highest BCUT2D eigenvalue weighted by molar-refractivity contribution is 7.89. The number of hydrogen-bond donors (Lipinski definition) is 0. The number of carbonyl (C=O) groups excluding carboxylic acids is 1. The Morgan fingerprint density at radius 1 is 1.41 bits per heavy atom. The number of methoxy groups -OCH3 is 1. The fraction of sp³-hybridized carbons (Fsp3) is 0.727. The van der Waals surface area contributed by atoms with E-state index in [1.54, 1.807) is 13.1 Å². The second-order valence-corrected chi connectivity index (χ2v) is 5.94. The molecule has 5 nitrogen and oxygen atoms in total. The Morgan fingerprint density at radius 2 is 2.06 bits per heavy atom. The number of sulfonamides is 1. The molecule has 0 amide bonds. The predicted molar refractivity (Wildman–Crippen MR) is 67.1 cm³/mol. The minimum Gasteiger partial charge on any atom is -0.469 e. The van der Waals surface area contributed by atoms with Gasteiger partial charge in [0, 0.05) is 20.0 Å². The SMILES string of the molecule is C=CCCCN(C)S(=O)(=O)CCCC(=O)OC. The zero-order valence-corrected chi connectivity index (χ0v) is 11.3. The van der Waals surface area contributed by atoms with Gasteiger partial charge in [-0.15, -0.1) is 6.58 Å². The highest BCUT2D eigenvalue weighted by atomic mass is 32.2. The first-order chi connectivity index (χ1) is 7.94. The largest absolute Gasteiger partial charge is 0.469 e. The van der Waals surface area contributed by atoms with Crippen molar-refractivity contribution in [3.8, 4) is 0 Å². The van der Waals surface area contributed by atoms with E-state index in [9.17, 15) is 13.2 Å². The highest BCUT2D eigenvalue weighted by Crippen LogP contribution is 2.05. The normalized spacial score (nSPS) is 11.5. The van der Waals surface area contributed by atoms with Crippen LogP contribution in [0.4, 0.5) is 0 Å². The van der Waals surface area contributed by atoms with E-state index in [4.69, 9.17) is 0 Å². The molecule has 0 saturated carbocycles. The summed E-state index contributed by atoms with van der Waals surface area (Å²) < 4.78 is 29.3. The monoisotopic (exact) mass is 263 g/mol. The quantitative estimate of drug-likeness (QED) is 0.356. The molecule has 0 rings (SSSR count). The molecule has 0 aromatic rings. The molecule has 6 heteroatoms. The van der Waals surface area contributed by atoms with E-state index in [1.807, 2.05) is 0 Å². The molecule has 0 aliphatic rings. The van der Waals surface area contributed by atoms with Crippen molar-refractivity contribution < 1.29 is 17.9 Å². The lowest BCUT2D eigenvalue weighted by atomic mass is 10.3. The lowest BCUT2D eigenvalue weighted by molar-refractivity contribution is -0.140. The van der Waals surface area contributed by atoms with Crippen LogP contribution in [-0.2, 0) is 19.6 Å². The molecular formula is C11H21NO4S. The van der Waals surface area contributed by atoms with Gasteiger partial charge in [-0.3, -0.25) is 4.79 Å². The third-order valence-corrected chi connectivity index (χ3v) is 4.30. The Bertz CT molecular complexity index is 337. The van der Waals surface area contributed by atoms with Crippen LogP contribution in [-0.4, -0.2) is 45.1 Å². The van der Waals surface area contributed by atoms with Gasteiger partial charge in [0.2, 0.25) is 10.0 Å². The van der Waals surface area contributed by atoms with Gasteiger partial charge in [-0.25, -0.2) is 12.7 Å². The summed E-state index contributed by atoms with van der Waals surface area (Å²) in [6, 6.07) is 0. The van der Waals surface area contributed by atoms with Gasteiger partial charge in [0.05, 0.1) is 12.9 Å². The first-order valence-electron chi connectivity index (χ1n) is 5.55. The first-order valence-corrected chi connectivity index (χ1v) is 7.16. The molecule has 100 valence electrons. The van der Waals surface area contributed by atoms with Crippen LogP contribution in [0.3, 0.4) is 0 Å². The number of nitrogens with zero attached hydrogens (tertiary/aromatic N) is 1. The van der Waals surface area contributed by atoms with Crippen molar-refractivity contribution in [2.45, 2.75) is 25.7 Å². The van der Waals surface area contributed by atoms with Gasteiger partial charge >= 0.3 is 5.97 Å². The van der Waals surface area contributed by atoms with E-state index < -0.39 is 10.0 Å². The van der Waals surface area contributed by atoms with Crippen molar-refractivity contribution in [3.63, 3.8) is 0 Å². The van der Waals surface area contributed by atoms with Crippen molar-refractivity contribution in [2.75, 3.05) is 26.5 Å². The molecule has 17 heavy (non-hydrogen) atoms. The van der Waals surface area contributed by atoms with E-state index in [-0.39, 0.29) is 18.1 Å². The standard InChI is InChI=1S/C11H21NO4S/c1-4-5-6-9-12(2)17(14,15)10-7-8-11(13)16-3/h4H,1,5-10H2,2-3H3. The number of rotatable bonds is 9. The van der Waals surface area contributed by atoms with Gasteiger partial charge in [0.1, 0.15) is 0 Å². The molecule has 0 fully saturated rings. The molecule has 0 aliphatic heterocycles. The number of unbranched alkanes of at least 4 members (excludes halogenated alkanes) is 1. The van der Waals surface area contributed by atoms with Gasteiger partial charge in [-0.2, -0.15) is 0 Å². The van der Waals surface area contributed by atoms with E-state index in [1.165, 1.54) is 11.4 Å². The van der Waals surface area contributed by atoms with Gasteiger partial charge in [0.15, 0.2) is 0 Å². The highest BCUT2D eigenvalue weighted by Gasteiger charge is 2.17. The molecule has 0 aromatic heterocycles. The maximum absolute atomic E-state index is 11.7. The van der Waals surface area contributed by atoms with E-state index in [2.05, 4.69) is 11.3 Å². The molecule has 0 atom stereocenters. The summed E-state index contributed by atoms with van der Waals surface area (Å²) >= 11 is 0. The van der Waals surface area contributed by atoms with E-state index in [0.717, 1.165) is 12.8 Å². The van der Waals surface area contributed by atoms with Crippen molar-refractivity contribution in [3.05, 3.63) is 12.7 Å². The Labute approximate surface area is 103 Å². The van der Waals surface area contributed by atoms with Gasteiger partial charge < -0.3 is 4.74 Å². The zero-order valence-electron chi connectivity index (χ0n) is 10.5. The average Bonchev–Trinajstić information content (AvgIpc) is 2.28. The summed E-state index contributed by atoms with van der Waals surface area (Å²) in [6.07, 6.45) is 3.74. The Hall–Kier alpha value is -0.880. The summed E-state index contributed by atoms with van der Waals surface area (Å²) in [6.45, 7) is 4.06. The van der Waals surface area contributed by atoms with Gasteiger partial charge in [0.25, 0.3) is 0 Å².